The Kier molecular flexibility index (Phi) is 6.21. The summed E-state index contributed by atoms with van der Waals surface area (Å²) >= 11 is 0. The largest absolute Gasteiger partial charge is 0.496 e. The zero-order valence-electron chi connectivity index (χ0n) is 14.1. The van der Waals surface area contributed by atoms with Crippen LogP contribution in [0.15, 0.2) is 48.5 Å². The van der Waals surface area contributed by atoms with Crippen molar-refractivity contribution in [1.82, 2.24) is 5.32 Å². The van der Waals surface area contributed by atoms with Crippen molar-refractivity contribution in [3.8, 4) is 5.75 Å². The van der Waals surface area contributed by atoms with E-state index in [1.54, 1.807) is 7.11 Å². The number of carbonyl (C=O) groups is 1. The van der Waals surface area contributed by atoms with Gasteiger partial charge in [-0.15, -0.1) is 0 Å². The van der Waals surface area contributed by atoms with Gasteiger partial charge >= 0.3 is 0 Å². The predicted molar refractivity (Wildman–Crippen MR) is 93.9 cm³/mol. The Morgan fingerprint density at radius 3 is 2.61 bits per heavy atom. The zero-order valence-corrected chi connectivity index (χ0v) is 14.1. The molecule has 0 aliphatic heterocycles. The third-order valence-electron chi connectivity index (χ3n) is 4.01. The molecule has 0 spiro atoms. The van der Waals surface area contributed by atoms with Crippen molar-refractivity contribution >= 4 is 5.91 Å². The summed E-state index contributed by atoms with van der Waals surface area (Å²) in [6.07, 6.45) is 1.28. The van der Waals surface area contributed by atoms with E-state index >= 15 is 0 Å². The standard InChI is InChI=1S/C20H25NO2/c1-15-9-10-19(23-3)18(13-15)11-12-21-20(22)14-16(2)17-7-5-4-6-8-17/h4-10,13,16H,11-12,14H2,1-3H3,(H,21,22)/t16-/m0/s1. The number of aryl methyl sites for hydroxylation is 1. The fourth-order valence-corrected chi connectivity index (χ4v) is 2.69. The fraction of sp³-hybridized carbons (Fsp3) is 0.350. The van der Waals surface area contributed by atoms with E-state index < -0.39 is 0 Å². The number of methoxy groups -OCH3 is 1. The van der Waals surface area contributed by atoms with Crippen LogP contribution >= 0.6 is 0 Å². The van der Waals surface area contributed by atoms with Crippen molar-refractivity contribution in [3.05, 3.63) is 65.2 Å². The van der Waals surface area contributed by atoms with Gasteiger partial charge in [0.15, 0.2) is 0 Å². The van der Waals surface area contributed by atoms with Gasteiger partial charge in [0.25, 0.3) is 0 Å². The normalized spacial score (nSPS) is 11.8. The minimum atomic E-state index is 0.0907. The van der Waals surface area contributed by atoms with Gasteiger partial charge in [0.1, 0.15) is 5.75 Å². The number of benzene rings is 2. The van der Waals surface area contributed by atoms with E-state index in [4.69, 9.17) is 4.74 Å². The Balaban J connectivity index is 1.82. The minimum absolute atomic E-state index is 0.0907. The average molecular weight is 311 g/mol. The summed E-state index contributed by atoms with van der Waals surface area (Å²) in [5.41, 5.74) is 3.52. The zero-order chi connectivity index (χ0) is 16.7. The number of ether oxygens (including phenoxy) is 1. The Morgan fingerprint density at radius 2 is 1.91 bits per heavy atom. The van der Waals surface area contributed by atoms with Gasteiger partial charge in [0.2, 0.25) is 5.91 Å². The van der Waals surface area contributed by atoms with E-state index in [1.165, 1.54) is 11.1 Å². The van der Waals surface area contributed by atoms with E-state index in [-0.39, 0.29) is 11.8 Å². The number of nitrogens with one attached hydrogen (secondary N) is 1. The highest BCUT2D eigenvalue weighted by Crippen LogP contribution is 2.20. The molecule has 2 aromatic carbocycles. The molecular weight excluding hydrogens is 286 g/mol. The molecule has 1 N–H and O–H groups in total. The van der Waals surface area contributed by atoms with E-state index in [0.717, 1.165) is 17.7 Å². The molecule has 0 bridgehead atoms. The van der Waals surface area contributed by atoms with Crippen LogP contribution in [0.2, 0.25) is 0 Å². The van der Waals surface area contributed by atoms with Crippen LogP contribution in [-0.4, -0.2) is 19.6 Å². The molecule has 3 nitrogen and oxygen atoms in total. The van der Waals surface area contributed by atoms with Gasteiger partial charge < -0.3 is 10.1 Å². The lowest BCUT2D eigenvalue weighted by molar-refractivity contribution is -0.121. The van der Waals surface area contributed by atoms with Gasteiger partial charge in [0.05, 0.1) is 7.11 Å². The van der Waals surface area contributed by atoms with E-state index in [1.807, 2.05) is 30.3 Å². The van der Waals surface area contributed by atoms with Crippen LogP contribution in [0.25, 0.3) is 0 Å². The van der Waals surface area contributed by atoms with Gasteiger partial charge in [-0.1, -0.05) is 55.0 Å². The first-order valence-electron chi connectivity index (χ1n) is 8.05. The van der Waals surface area contributed by atoms with Crippen molar-refractivity contribution in [1.29, 1.82) is 0 Å². The van der Waals surface area contributed by atoms with Crippen LogP contribution in [-0.2, 0) is 11.2 Å². The van der Waals surface area contributed by atoms with Gasteiger partial charge in [-0.05, 0) is 36.5 Å². The Labute approximate surface area is 138 Å². The highest BCUT2D eigenvalue weighted by Gasteiger charge is 2.11. The summed E-state index contributed by atoms with van der Waals surface area (Å²) in [6.45, 7) is 4.77. The number of hydrogen-bond acceptors (Lipinski definition) is 2. The number of hydrogen-bond donors (Lipinski definition) is 1. The van der Waals surface area contributed by atoms with Gasteiger partial charge in [-0.2, -0.15) is 0 Å². The first-order valence-corrected chi connectivity index (χ1v) is 8.05. The molecule has 1 amide bonds. The molecule has 0 aromatic heterocycles. The monoisotopic (exact) mass is 311 g/mol. The molecule has 2 rings (SSSR count). The van der Waals surface area contributed by atoms with Crippen molar-refractivity contribution in [2.24, 2.45) is 0 Å². The van der Waals surface area contributed by atoms with Crippen LogP contribution in [0.4, 0.5) is 0 Å². The predicted octanol–water partition coefficient (Wildman–Crippen LogP) is 3.86. The molecule has 122 valence electrons. The van der Waals surface area contributed by atoms with Crippen molar-refractivity contribution in [3.63, 3.8) is 0 Å². The van der Waals surface area contributed by atoms with Crippen LogP contribution < -0.4 is 10.1 Å². The van der Waals surface area contributed by atoms with Gasteiger partial charge in [-0.3, -0.25) is 4.79 Å². The quantitative estimate of drug-likeness (QED) is 0.843. The smallest absolute Gasteiger partial charge is 0.220 e. The lowest BCUT2D eigenvalue weighted by Crippen LogP contribution is -2.26. The molecule has 0 radical (unpaired) electrons. The van der Waals surface area contributed by atoms with Crippen LogP contribution in [0.5, 0.6) is 5.75 Å². The summed E-state index contributed by atoms with van der Waals surface area (Å²) in [4.78, 5) is 12.1. The van der Waals surface area contributed by atoms with Gasteiger partial charge in [-0.25, -0.2) is 0 Å². The molecule has 0 saturated carbocycles. The van der Waals surface area contributed by atoms with E-state index in [2.05, 4.69) is 37.4 Å². The third kappa shape index (κ3) is 5.13. The molecular formula is C20H25NO2. The summed E-state index contributed by atoms with van der Waals surface area (Å²) in [6, 6.07) is 16.3. The van der Waals surface area contributed by atoms with E-state index in [9.17, 15) is 4.79 Å². The third-order valence-corrected chi connectivity index (χ3v) is 4.01. The molecule has 0 unspecified atom stereocenters. The van der Waals surface area contributed by atoms with Crippen molar-refractivity contribution < 1.29 is 9.53 Å². The Bertz CT molecular complexity index is 637. The summed E-state index contributed by atoms with van der Waals surface area (Å²) in [7, 11) is 1.67. The maximum Gasteiger partial charge on any atom is 0.220 e. The first kappa shape index (κ1) is 17.1. The maximum absolute atomic E-state index is 12.1. The summed E-state index contributed by atoms with van der Waals surface area (Å²) in [5.74, 6) is 1.19. The molecule has 0 fully saturated rings. The second-order valence-corrected chi connectivity index (χ2v) is 5.93. The summed E-state index contributed by atoms with van der Waals surface area (Å²) in [5, 5.41) is 3.01. The molecule has 2 aromatic rings. The second-order valence-electron chi connectivity index (χ2n) is 5.93. The van der Waals surface area contributed by atoms with Crippen LogP contribution in [0, 0.1) is 6.92 Å². The number of rotatable bonds is 7. The number of amides is 1. The van der Waals surface area contributed by atoms with Crippen LogP contribution in [0.1, 0.15) is 36.0 Å². The van der Waals surface area contributed by atoms with E-state index in [0.29, 0.717) is 13.0 Å². The highest BCUT2D eigenvalue weighted by atomic mass is 16.5. The average Bonchev–Trinajstić information content (AvgIpc) is 2.56. The first-order chi connectivity index (χ1) is 11.1. The number of carbonyl (C=O) groups excluding carboxylic acids is 1. The molecule has 3 heteroatoms. The molecule has 0 aliphatic carbocycles. The summed E-state index contributed by atoms with van der Waals surface area (Å²) < 4.78 is 5.37. The Morgan fingerprint density at radius 1 is 1.17 bits per heavy atom. The van der Waals surface area contributed by atoms with Crippen LogP contribution in [0.3, 0.4) is 0 Å². The SMILES string of the molecule is COc1ccc(C)cc1CCNC(=O)C[C@H](C)c1ccccc1. The lowest BCUT2D eigenvalue weighted by atomic mass is 9.97. The molecule has 0 saturated heterocycles. The van der Waals surface area contributed by atoms with Crippen molar-refractivity contribution in [2.75, 3.05) is 13.7 Å². The molecule has 0 aliphatic rings. The minimum Gasteiger partial charge on any atom is -0.496 e. The second kappa shape index (κ2) is 8.37. The molecule has 1 atom stereocenters. The molecule has 0 heterocycles. The highest BCUT2D eigenvalue weighted by molar-refractivity contribution is 5.76. The maximum atomic E-state index is 12.1. The Hall–Kier alpha value is -2.29. The van der Waals surface area contributed by atoms with Gasteiger partial charge in [0, 0.05) is 13.0 Å². The van der Waals surface area contributed by atoms with Crippen molar-refractivity contribution in [2.45, 2.75) is 32.6 Å². The lowest BCUT2D eigenvalue weighted by Gasteiger charge is -2.13. The molecule has 23 heavy (non-hydrogen) atoms. The fourth-order valence-electron chi connectivity index (χ4n) is 2.69. The topological polar surface area (TPSA) is 38.3 Å².